The number of hydrogen-bond acceptors (Lipinski definition) is 4. The molecule has 0 spiro atoms. The molecule has 2 aliphatic carbocycles. The maximum atomic E-state index is 11.7. The minimum absolute atomic E-state index is 0.0999. The molecule has 0 aliphatic heterocycles. The predicted molar refractivity (Wildman–Crippen MR) is 73.5 cm³/mol. The zero-order valence-electron chi connectivity index (χ0n) is 11.4. The Morgan fingerprint density at radius 2 is 2.16 bits per heavy atom. The van der Waals surface area contributed by atoms with Gasteiger partial charge in [0.1, 0.15) is 11.6 Å². The van der Waals surface area contributed by atoms with Crippen LogP contribution < -0.4 is 10.5 Å². The fourth-order valence-electron chi connectivity index (χ4n) is 2.92. The summed E-state index contributed by atoms with van der Waals surface area (Å²) in [5.74, 6) is 1.90. The molecule has 0 aromatic carbocycles. The van der Waals surface area contributed by atoms with Gasteiger partial charge in [0.05, 0.1) is 5.60 Å². The maximum absolute atomic E-state index is 11.7. The van der Waals surface area contributed by atoms with E-state index in [0.29, 0.717) is 18.3 Å². The molecule has 5 nitrogen and oxygen atoms in total. The van der Waals surface area contributed by atoms with Crippen LogP contribution in [0.1, 0.15) is 50.3 Å². The standard InChI is InChI=1S/C14H21N3O2/c1-17(9-14(19)6-2-3-7-14)11-8-12(18)16-13(15-11)10-4-5-10/h8,10,19H,2-7,9H2,1H3,(H,15,16,18). The van der Waals surface area contributed by atoms with Gasteiger partial charge in [0.2, 0.25) is 0 Å². The van der Waals surface area contributed by atoms with E-state index in [-0.39, 0.29) is 5.56 Å². The van der Waals surface area contributed by atoms with Gasteiger partial charge in [-0.05, 0) is 25.7 Å². The Morgan fingerprint density at radius 1 is 1.47 bits per heavy atom. The molecule has 0 amide bonds. The van der Waals surface area contributed by atoms with Crippen LogP contribution in [0.3, 0.4) is 0 Å². The van der Waals surface area contributed by atoms with Crippen molar-refractivity contribution in [1.82, 2.24) is 9.97 Å². The molecule has 2 N–H and O–H groups in total. The normalized spacial score (nSPS) is 21.6. The number of anilines is 1. The highest BCUT2D eigenvalue weighted by molar-refractivity contribution is 5.37. The molecule has 1 aromatic rings. The van der Waals surface area contributed by atoms with Crippen LogP contribution in [0.5, 0.6) is 0 Å². The largest absolute Gasteiger partial charge is 0.388 e. The third-order valence-corrected chi connectivity index (χ3v) is 4.17. The number of aliphatic hydroxyl groups is 1. The quantitative estimate of drug-likeness (QED) is 0.861. The lowest BCUT2D eigenvalue weighted by Gasteiger charge is -2.29. The molecule has 0 bridgehead atoms. The number of nitrogens with one attached hydrogen (secondary N) is 1. The van der Waals surface area contributed by atoms with E-state index in [2.05, 4.69) is 9.97 Å². The maximum Gasteiger partial charge on any atom is 0.252 e. The molecule has 5 heteroatoms. The first kappa shape index (κ1) is 12.7. The molecule has 0 unspecified atom stereocenters. The number of hydrogen-bond donors (Lipinski definition) is 2. The van der Waals surface area contributed by atoms with E-state index < -0.39 is 5.60 Å². The van der Waals surface area contributed by atoms with E-state index in [4.69, 9.17) is 0 Å². The second-order valence-electron chi connectivity index (χ2n) is 6.05. The number of aromatic nitrogens is 2. The summed E-state index contributed by atoms with van der Waals surface area (Å²) in [5.41, 5.74) is -0.712. The smallest absolute Gasteiger partial charge is 0.252 e. The number of likely N-dealkylation sites (N-methyl/N-ethyl adjacent to an activating group) is 1. The highest BCUT2D eigenvalue weighted by atomic mass is 16.3. The lowest BCUT2D eigenvalue weighted by Crippen LogP contribution is -2.40. The highest BCUT2D eigenvalue weighted by Crippen LogP contribution is 2.38. The van der Waals surface area contributed by atoms with Crippen molar-refractivity contribution in [3.8, 4) is 0 Å². The van der Waals surface area contributed by atoms with Gasteiger partial charge in [-0.25, -0.2) is 4.98 Å². The van der Waals surface area contributed by atoms with E-state index in [1.165, 1.54) is 6.07 Å². The van der Waals surface area contributed by atoms with Gasteiger partial charge in [0, 0.05) is 25.6 Å². The second-order valence-corrected chi connectivity index (χ2v) is 6.05. The van der Waals surface area contributed by atoms with Crippen molar-refractivity contribution in [1.29, 1.82) is 0 Å². The molecule has 2 aliphatic rings. The Balaban J connectivity index is 1.78. The van der Waals surface area contributed by atoms with Crippen LogP contribution in [-0.4, -0.2) is 34.3 Å². The molecule has 1 heterocycles. The van der Waals surface area contributed by atoms with Crippen LogP contribution in [0.15, 0.2) is 10.9 Å². The van der Waals surface area contributed by atoms with Crippen LogP contribution in [0.2, 0.25) is 0 Å². The predicted octanol–water partition coefficient (Wildman–Crippen LogP) is 1.39. The van der Waals surface area contributed by atoms with Crippen molar-refractivity contribution >= 4 is 5.82 Å². The van der Waals surface area contributed by atoms with E-state index in [1.54, 1.807) is 0 Å². The van der Waals surface area contributed by atoms with Crippen molar-refractivity contribution in [2.24, 2.45) is 0 Å². The van der Waals surface area contributed by atoms with Crippen LogP contribution in [0, 0.1) is 0 Å². The lowest BCUT2D eigenvalue weighted by molar-refractivity contribution is 0.0558. The summed E-state index contributed by atoms with van der Waals surface area (Å²) < 4.78 is 0. The molecule has 2 fully saturated rings. The fraction of sp³-hybridized carbons (Fsp3) is 0.714. The molecule has 0 radical (unpaired) electrons. The number of H-pyrrole nitrogens is 1. The zero-order valence-corrected chi connectivity index (χ0v) is 11.4. The van der Waals surface area contributed by atoms with Gasteiger partial charge < -0.3 is 15.0 Å². The Bertz CT molecular complexity index is 516. The van der Waals surface area contributed by atoms with Gasteiger partial charge in [0.25, 0.3) is 5.56 Å². The van der Waals surface area contributed by atoms with Gasteiger partial charge in [-0.3, -0.25) is 4.79 Å². The fourth-order valence-corrected chi connectivity index (χ4v) is 2.92. The van der Waals surface area contributed by atoms with E-state index >= 15 is 0 Å². The first-order valence-corrected chi connectivity index (χ1v) is 7.11. The van der Waals surface area contributed by atoms with Crippen molar-refractivity contribution < 1.29 is 5.11 Å². The van der Waals surface area contributed by atoms with E-state index in [1.807, 2.05) is 11.9 Å². The SMILES string of the molecule is CN(CC1(O)CCCC1)c1cc(=O)[nH]c(C2CC2)n1. The lowest BCUT2D eigenvalue weighted by atomic mass is 10.0. The van der Waals surface area contributed by atoms with Crippen LogP contribution in [0.25, 0.3) is 0 Å². The molecule has 1 aromatic heterocycles. The molecule has 3 rings (SSSR count). The number of aromatic amines is 1. The Morgan fingerprint density at radius 3 is 2.79 bits per heavy atom. The molecular weight excluding hydrogens is 242 g/mol. The molecule has 104 valence electrons. The molecule has 0 atom stereocenters. The van der Waals surface area contributed by atoms with Gasteiger partial charge in [0.15, 0.2) is 0 Å². The van der Waals surface area contributed by atoms with Crippen molar-refractivity contribution in [3.63, 3.8) is 0 Å². The minimum Gasteiger partial charge on any atom is -0.388 e. The summed E-state index contributed by atoms with van der Waals surface area (Å²) in [6.45, 7) is 0.549. The number of rotatable bonds is 4. The average molecular weight is 263 g/mol. The second kappa shape index (κ2) is 4.63. The van der Waals surface area contributed by atoms with Crippen LogP contribution in [-0.2, 0) is 0 Å². The Kier molecular flexibility index (Phi) is 3.09. The third-order valence-electron chi connectivity index (χ3n) is 4.17. The first-order chi connectivity index (χ1) is 9.06. The third kappa shape index (κ3) is 2.81. The highest BCUT2D eigenvalue weighted by Gasteiger charge is 2.33. The summed E-state index contributed by atoms with van der Waals surface area (Å²) in [5, 5.41) is 10.4. The molecule has 19 heavy (non-hydrogen) atoms. The zero-order chi connectivity index (χ0) is 13.5. The molecular formula is C14H21N3O2. The number of nitrogens with zero attached hydrogens (tertiary/aromatic N) is 2. The first-order valence-electron chi connectivity index (χ1n) is 7.11. The summed E-state index contributed by atoms with van der Waals surface area (Å²) in [6.07, 6.45) is 6.08. The minimum atomic E-state index is -0.612. The summed E-state index contributed by atoms with van der Waals surface area (Å²) >= 11 is 0. The van der Waals surface area contributed by atoms with Gasteiger partial charge in [-0.2, -0.15) is 0 Å². The van der Waals surface area contributed by atoms with Gasteiger partial charge in [-0.1, -0.05) is 12.8 Å². The Hall–Kier alpha value is -1.36. The van der Waals surface area contributed by atoms with Crippen molar-refractivity contribution in [3.05, 3.63) is 22.2 Å². The van der Waals surface area contributed by atoms with E-state index in [9.17, 15) is 9.90 Å². The van der Waals surface area contributed by atoms with Crippen LogP contribution >= 0.6 is 0 Å². The van der Waals surface area contributed by atoms with Gasteiger partial charge in [-0.15, -0.1) is 0 Å². The summed E-state index contributed by atoms with van der Waals surface area (Å²) in [4.78, 5) is 20.9. The Labute approximate surface area is 112 Å². The summed E-state index contributed by atoms with van der Waals surface area (Å²) in [6, 6.07) is 1.52. The average Bonchev–Trinajstić information content (AvgIpc) is 3.12. The topological polar surface area (TPSA) is 69.2 Å². The van der Waals surface area contributed by atoms with Crippen LogP contribution in [0.4, 0.5) is 5.82 Å². The monoisotopic (exact) mass is 263 g/mol. The summed E-state index contributed by atoms with van der Waals surface area (Å²) in [7, 11) is 1.90. The molecule has 2 saturated carbocycles. The molecule has 0 saturated heterocycles. The van der Waals surface area contributed by atoms with Crippen molar-refractivity contribution in [2.75, 3.05) is 18.5 Å². The van der Waals surface area contributed by atoms with Gasteiger partial charge >= 0.3 is 0 Å². The van der Waals surface area contributed by atoms with E-state index in [0.717, 1.165) is 44.3 Å². The van der Waals surface area contributed by atoms with Crippen molar-refractivity contribution in [2.45, 2.75) is 50.0 Å².